The molecule has 1 saturated heterocycles. The molecule has 0 aromatic carbocycles. The van der Waals surface area contributed by atoms with E-state index >= 15 is 0 Å². The van der Waals surface area contributed by atoms with Crippen molar-refractivity contribution in [2.75, 3.05) is 0 Å². The van der Waals surface area contributed by atoms with Crippen LogP contribution in [0, 0.1) is 11.3 Å². The Labute approximate surface area is 213 Å². The highest BCUT2D eigenvalue weighted by Crippen LogP contribution is 2.49. The third kappa shape index (κ3) is 5.48. The summed E-state index contributed by atoms with van der Waals surface area (Å²) < 4.78 is 12.0. The Balaban J connectivity index is 1.61. The molecule has 4 rings (SSSR count). The average molecular weight is 498 g/mol. The Hall–Kier alpha value is -2.35. The lowest BCUT2D eigenvalue weighted by molar-refractivity contribution is -0.160. The van der Waals surface area contributed by atoms with Crippen LogP contribution >= 0.6 is 0 Å². The van der Waals surface area contributed by atoms with Crippen LogP contribution in [0.5, 0.6) is 0 Å². The number of fused-ring (bicyclic) bond motifs is 1. The minimum absolute atomic E-state index is 0.0719. The summed E-state index contributed by atoms with van der Waals surface area (Å²) in [6.45, 7) is 7.51. The van der Waals surface area contributed by atoms with Crippen molar-refractivity contribution in [1.29, 1.82) is 0 Å². The van der Waals surface area contributed by atoms with Crippen molar-refractivity contribution in [1.82, 2.24) is 4.98 Å². The van der Waals surface area contributed by atoms with E-state index in [-0.39, 0.29) is 23.9 Å². The highest BCUT2D eigenvalue weighted by atomic mass is 16.6. The second kappa shape index (κ2) is 10.6. The van der Waals surface area contributed by atoms with E-state index in [0.29, 0.717) is 25.7 Å². The smallest absolute Gasteiger partial charge is 0.309 e. The fourth-order valence-corrected chi connectivity index (χ4v) is 5.68. The fraction of sp³-hybridized carbons (Fsp3) is 0.621. The van der Waals surface area contributed by atoms with Crippen molar-refractivity contribution < 1.29 is 29.3 Å². The molecule has 3 heterocycles. The number of nitrogens with zero attached hydrogens (tertiary/aromatic N) is 1. The first-order chi connectivity index (χ1) is 17.1. The number of allylic oxidation sites excluding steroid dienone is 1. The van der Waals surface area contributed by atoms with Crippen molar-refractivity contribution in [3.63, 3.8) is 0 Å². The number of aliphatic hydroxyl groups is 2. The van der Waals surface area contributed by atoms with Crippen molar-refractivity contribution in [3.8, 4) is 0 Å². The van der Waals surface area contributed by atoms with E-state index in [1.165, 1.54) is 0 Å². The average Bonchev–Trinajstić information content (AvgIpc) is 3.45. The maximum absolute atomic E-state index is 13.5. The quantitative estimate of drug-likeness (QED) is 0.358. The van der Waals surface area contributed by atoms with Gasteiger partial charge in [0.15, 0.2) is 0 Å². The first kappa shape index (κ1) is 26.7. The second-order valence-electron chi connectivity index (χ2n) is 11.1. The van der Waals surface area contributed by atoms with Gasteiger partial charge in [-0.25, -0.2) is 0 Å². The van der Waals surface area contributed by atoms with Crippen molar-refractivity contribution in [2.45, 2.75) is 103 Å². The molecule has 7 nitrogen and oxygen atoms in total. The number of hydrogen-bond donors (Lipinski definition) is 2. The van der Waals surface area contributed by atoms with Crippen LogP contribution in [0.4, 0.5) is 0 Å². The van der Waals surface area contributed by atoms with E-state index in [1.807, 2.05) is 51.1 Å². The predicted molar refractivity (Wildman–Crippen MR) is 136 cm³/mol. The number of rotatable bonds is 2. The number of esters is 1. The molecule has 1 aromatic heterocycles. The van der Waals surface area contributed by atoms with Crippen LogP contribution in [0.25, 0.3) is 6.08 Å². The SMILES string of the molecule is CC(=Cc1ccccn1)[C@@H]1C[C@H]2O[C@]2(C)CC/C=C(\C)[C@H](O)[C@@H](C)C(=O)C2(CCC2)[C@@H](O)CC(=O)O1. The molecule has 1 aromatic rings. The molecule has 0 radical (unpaired) electrons. The molecule has 36 heavy (non-hydrogen) atoms. The van der Waals surface area contributed by atoms with Gasteiger partial charge in [0.2, 0.25) is 0 Å². The molecule has 6 atom stereocenters. The minimum atomic E-state index is -1.15. The number of Topliss-reactive ketones (excluding diaryl/α,β-unsaturated/α-hetero) is 1. The minimum Gasteiger partial charge on any atom is -0.458 e. The molecular weight excluding hydrogens is 458 g/mol. The topological polar surface area (TPSA) is 109 Å². The van der Waals surface area contributed by atoms with Gasteiger partial charge in [0, 0.05) is 18.5 Å². The molecule has 7 heteroatoms. The molecule has 2 aliphatic heterocycles. The number of aliphatic hydroxyl groups excluding tert-OH is 2. The molecule has 2 N–H and O–H groups in total. The van der Waals surface area contributed by atoms with E-state index in [0.717, 1.165) is 29.7 Å². The largest absolute Gasteiger partial charge is 0.458 e. The standard InChI is InChI=1S/C29H39NO6/c1-18-9-7-11-28(4)24(36-28)16-22(19(2)15-21-10-5-6-14-30-21)35-25(32)17-23(31)29(12-8-13-29)27(34)20(3)26(18)33/h5-6,9-10,14-15,20,22-24,26,31,33H,7-8,11-13,16-17H2,1-4H3/b18-9+,19-15?/t20-,22+,23+,24-,26+,28-/m1/s1. The molecule has 196 valence electrons. The number of ether oxygens (including phenoxy) is 2. The van der Waals surface area contributed by atoms with Gasteiger partial charge in [-0.05, 0) is 75.8 Å². The summed E-state index contributed by atoms with van der Waals surface area (Å²) in [7, 11) is 0. The predicted octanol–water partition coefficient (Wildman–Crippen LogP) is 4.17. The highest BCUT2D eigenvalue weighted by Gasteiger charge is 2.54. The second-order valence-corrected chi connectivity index (χ2v) is 11.1. The summed E-state index contributed by atoms with van der Waals surface area (Å²) in [6, 6.07) is 5.63. The zero-order valence-electron chi connectivity index (χ0n) is 21.8. The van der Waals surface area contributed by atoms with Gasteiger partial charge in [0.25, 0.3) is 0 Å². The Morgan fingerprint density at radius 2 is 1.94 bits per heavy atom. The lowest BCUT2D eigenvalue weighted by Gasteiger charge is -2.45. The number of ketones is 1. The number of hydrogen-bond acceptors (Lipinski definition) is 7. The Kier molecular flexibility index (Phi) is 7.83. The summed E-state index contributed by atoms with van der Waals surface area (Å²) in [5.74, 6) is -1.39. The van der Waals surface area contributed by atoms with Gasteiger partial charge >= 0.3 is 5.97 Å². The lowest BCUT2D eigenvalue weighted by Crippen LogP contribution is -2.52. The number of epoxide rings is 1. The molecule has 2 fully saturated rings. The number of carbonyl (C=O) groups excluding carboxylic acids is 2. The van der Waals surface area contributed by atoms with Gasteiger partial charge in [0.1, 0.15) is 11.9 Å². The van der Waals surface area contributed by atoms with Crippen LogP contribution in [0.1, 0.15) is 78.3 Å². The Morgan fingerprint density at radius 3 is 2.58 bits per heavy atom. The number of carbonyl (C=O) groups is 2. The molecule has 3 aliphatic rings. The van der Waals surface area contributed by atoms with Gasteiger partial charge < -0.3 is 19.7 Å². The van der Waals surface area contributed by atoms with Gasteiger partial charge in [-0.2, -0.15) is 0 Å². The van der Waals surface area contributed by atoms with Gasteiger partial charge in [0.05, 0.1) is 41.4 Å². The Bertz CT molecular complexity index is 1030. The van der Waals surface area contributed by atoms with Crippen LogP contribution in [-0.2, 0) is 19.1 Å². The summed E-state index contributed by atoms with van der Waals surface area (Å²) >= 11 is 0. The molecule has 0 amide bonds. The molecule has 1 spiro atoms. The first-order valence-corrected chi connectivity index (χ1v) is 13.1. The molecule has 0 bridgehead atoms. The van der Waals surface area contributed by atoms with Crippen LogP contribution in [0.15, 0.2) is 41.6 Å². The molecular formula is C29H39NO6. The van der Waals surface area contributed by atoms with E-state index < -0.39 is 35.6 Å². The molecule has 0 unspecified atom stereocenters. The number of pyridine rings is 1. The third-order valence-electron chi connectivity index (χ3n) is 8.50. The van der Waals surface area contributed by atoms with Crippen molar-refractivity contribution in [3.05, 3.63) is 47.3 Å². The number of aromatic nitrogens is 1. The first-order valence-electron chi connectivity index (χ1n) is 13.1. The van der Waals surface area contributed by atoms with Gasteiger partial charge in [-0.3, -0.25) is 14.6 Å². The summed E-state index contributed by atoms with van der Waals surface area (Å²) in [5.41, 5.74) is 1.01. The Morgan fingerprint density at radius 1 is 1.19 bits per heavy atom. The van der Waals surface area contributed by atoms with Crippen LogP contribution in [0.2, 0.25) is 0 Å². The zero-order valence-corrected chi connectivity index (χ0v) is 21.8. The van der Waals surface area contributed by atoms with E-state index in [2.05, 4.69) is 4.98 Å². The van der Waals surface area contributed by atoms with Gasteiger partial charge in [-0.1, -0.05) is 25.5 Å². The molecule has 1 aliphatic carbocycles. The van der Waals surface area contributed by atoms with Crippen LogP contribution in [-0.4, -0.2) is 57.0 Å². The monoisotopic (exact) mass is 497 g/mol. The lowest BCUT2D eigenvalue weighted by atomic mass is 9.59. The highest BCUT2D eigenvalue weighted by molar-refractivity contribution is 5.89. The zero-order chi connectivity index (χ0) is 26.1. The summed E-state index contributed by atoms with van der Waals surface area (Å²) in [5, 5.41) is 22.0. The van der Waals surface area contributed by atoms with E-state index in [4.69, 9.17) is 9.47 Å². The van der Waals surface area contributed by atoms with Crippen LogP contribution < -0.4 is 0 Å². The van der Waals surface area contributed by atoms with Crippen molar-refractivity contribution in [2.24, 2.45) is 11.3 Å². The molecule has 1 saturated carbocycles. The normalized spacial score (nSPS) is 37.3. The third-order valence-corrected chi connectivity index (χ3v) is 8.50. The van der Waals surface area contributed by atoms with Crippen molar-refractivity contribution >= 4 is 17.8 Å². The maximum atomic E-state index is 13.5. The van der Waals surface area contributed by atoms with E-state index in [1.54, 1.807) is 13.1 Å². The summed E-state index contributed by atoms with van der Waals surface area (Å²) in [6.07, 6.45) is 6.45. The fourth-order valence-electron chi connectivity index (χ4n) is 5.68. The van der Waals surface area contributed by atoms with Gasteiger partial charge in [-0.15, -0.1) is 0 Å². The summed E-state index contributed by atoms with van der Waals surface area (Å²) in [4.78, 5) is 30.9. The van der Waals surface area contributed by atoms with Crippen LogP contribution in [0.3, 0.4) is 0 Å². The van der Waals surface area contributed by atoms with E-state index in [9.17, 15) is 19.8 Å². The maximum Gasteiger partial charge on any atom is 0.309 e. The number of cyclic esters (lactones) is 1.